The van der Waals surface area contributed by atoms with Crippen LogP contribution in [0.5, 0.6) is 0 Å². The molecule has 0 N–H and O–H groups in total. The van der Waals surface area contributed by atoms with Gasteiger partial charge in [0.2, 0.25) is 5.28 Å². The van der Waals surface area contributed by atoms with Crippen molar-refractivity contribution in [3.05, 3.63) is 21.2 Å². The van der Waals surface area contributed by atoms with Gasteiger partial charge in [0.05, 0.1) is 17.5 Å². The van der Waals surface area contributed by atoms with Crippen LogP contribution in [0.25, 0.3) is 11.0 Å². The van der Waals surface area contributed by atoms with Crippen LogP contribution in [0.4, 0.5) is 0 Å². The van der Waals surface area contributed by atoms with Gasteiger partial charge in [0, 0.05) is 12.8 Å². The molecule has 1 aliphatic heterocycles. The third-order valence-electron chi connectivity index (χ3n) is 3.88. The number of hydrogen-bond donors (Lipinski definition) is 0. The highest BCUT2D eigenvalue weighted by Gasteiger charge is 2.26. The van der Waals surface area contributed by atoms with Crippen LogP contribution in [-0.4, -0.2) is 34.0 Å². The Morgan fingerprint density at radius 1 is 1.45 bits per heavy atom. The average molecular weight is 436 g/mol. The molecule has 0 saturated carbocycles. The lowest BCUT2D eigenvalue weighted by molar-refractivity contribution is -0.174. The van der Waals surface area contributed by atoms with Gasteiger partial charge in [-0.05, 0) is 73.4 Å². The predicted octanol–water partition coefficient (Wildman–Crippen LogP) is 3.97. The molecule has 22 heavy (non-hydrogen) atoms. The van der Waals surface area contributed by atoms with Gasteiger partial charge in [-0.3, -0.25) is 0 Å². The molecule has 3 heterocycles. The van der Waals surface area contributed by atoms with Gasteiger partial charge in [0.1, 0.15) is 9.35 Å². The second kappa shape index (κ2) is 6.59. The summed E-state index contributed by atoms with van der Waals surface area (Å²) in [5, 5.41) is 1.27. The Balaban J connectivity index is 1.82. The van der Waals surface area contributed by atoms with Crippen LogP contribution >= 0.6 is 34.2 Å². The Bertz CT molecular complexity index is 668. The fourth-order valence-corrected chi connectivity index (χ4v) is 3.61. The normalized spacial score (nSPS) is 19.7. The summed E-state index contributed by atoms with van der Waals surface area (Å²) in [7, 11) is 0. The molecule has 2 aromatic heterocycles. The molecule has 5 nitrogen and oxygen atoms in total. The van der Waals surface area contributed by atoms with Gasteiger partial charge in [-0.25, -0.2) is 4.98 Å². The first-order valence-corrected chi connectivity index (χ1v) is 8.87. The fourth-order valence-electron chi connectivity index (χ4n) is 2.65. The van der Waals surface area contributed by atoms with E-state index in [4.69, 9.17) is 21.1 Å². The van der Waals surface area contributed by atoms with E-state index in [0.29, 0.717) is 6.61 Å². The average Bonchev–Trinajstić information content (AvgIpc) is 2.91. The van der Waals surface area contributed by atoms with Crippen LogP contribution in [0.15, 0.2) is 12.3 Å². The predicted molar refractivity (Wildman–Crippen MR) is 94.1 cm³/mol. The Morgan fingerprint density at radius 3 is 3.00 bits per heavy atom. The molecule has 0 bridgehead atoms. The summed E-state index contributed by atoms with van der Waals surface area (Å²) in [6, 6.07) is 2.02. The third kappa shape index (κ3) is 3.39. The first-order chi connectivity index (χ1) is 10.5. The summed E-state index contributed by atoms with van der Waals surface area (Å²) in [6.07, 6.45) is 5.18. The van der Waals surface area contributed by atoms with Crippen molar-refractivity contribution in [3.63, 3.8) is 0 Å². The topological polar surface area (TPSA) is 49.2 Å². The third-order valence-corrected chi connectivity index (χ3v) is 4.87. The zero-order valence-corrected chi connectivity index (χ0v) is 15.6. The second-order valence-corrected chi connectivity index (χ2v) is 7.49. The van der Waals surface area contributed by atoms with Crippen molar-refractivity contribution in [3.8, 4) is 0 Å². The van der Waals surface area contributed by atoms with Crippen molar-refractivity contribution in [2.45, 2.75) is 44.9 Å². The molecule has 0 spiro atoms. The second-order valence-electron chi connectivity index (χ2n) is 6.13. The molecule has 3 rings (SSSR count). The summed E-state index contributed by atoms with van der Waals surface area (Å²) >= 11 is 8.19. The molecule has 1 atom stereocenters. The summed E-state index contributed by atoms with van der Waals surface area (Å²) in [6.45, 7) is 5.59. The minimum absolute atomic E-state index is 0.0896. The quantitative estimate of drug-likeness (QED) is 0.414. The largest absolute Gasteiger partial charge is 0.353 e. The van der Waals surface area contributed by atoms with E-state index < -0.39 is 0 Å². The molecule has 0 aromatic carbocycles. The number of fused-ring (bicyclic) bond motifs is 1. The summed E-state index contributed by atoms with van der Waals surface area (Å²) in [5.74, 6) is 0. The van der Waals surface area contributed by atoms with Crippen LogP contribution in [0, 0.1) is 3.70 Å². The number of ether oxygens (including phenoxy) is 2. The van der Waals surface area contributed by atoms with Crippen molar-refractivity contribution in [2.24, 2.45) is 0 Å². The van der Waals surface area contributed by atoms with E-state index in [2.05, 4.69) is 51.0 Å². The molecule has 2 aromatic rings. The molecule has 1 aliphatic rings. The van der Waals surface area contributed by atoms with Crippen LogP contribution in [0.2, 0.25) is 5.28 Å². The lowest BCUT2D eigenvalue weighted by atomic mass is 10.1. The highest BCUT2D eigenvalue weighted by molar-refractivity contribution is 14.1. The Labute approximate surface area is 148 Å². The van der Waals surface area contributed by atoms with Gasteiger partial charge in [-0.15, -0.1) is 0 Å². The zero-order valence-electron chi connectivity index (χ0n) is 12.7. The summed E-state index contributed by atoms with van der Waals surface area (Å²) < 4.78 is 14.6. The van der Waals surface area contributed by atoms with Crippen molar-refractivity contribution >= 4 is 45.2 Å². The Kier molecular flexibility index (Phi) is 4.92. The molecular formula is C15H19ClIN3O2. The molecule has 7 heteroatoms. The standard InChI is InChI=1S/C15H19ClIN3O2/c1-15(2,9-22-11-5-3-4-8-21-11)20-7-6-10-12(17)18-14(16)19-13(10)20/h6-7,11H,3-5,8-9H2,1-2H3. The van der Waals surface area contributed by atoms with Crippen molar-refractivity contribution in [1.82, 2.24) is 14.5 Å². The highest BCUT2D eigenvalue weighted by Crippen LogP contribution is 2.27. The van der Waals surface area contributed by atoms with Crippen LogP contribution in [0.1, 0.15) is 33.1 Å². The summed E-state index contributed by atoms with van der Waals surface area (Å²) in [5.41, 5.74) is 0.589. The maximum atomic E-state index is 6.01. The molecule has 0 amide bonds. The van der Waals surface area contributed by atoms with Crippen LogP contribution in [0.3, 0.4) is 0 Å². The maximum absolute atomic E-state index is 6.01. The molecule has 1 saturated heterocycles. The number of aromatic nitrogens is 3. The van der Waals surface area contributed by atoms with E-state index in [1.54, 1.807) is 0 Å². The monoisotopic (exact) mass is 435 g/mol. The van der Waals surface area contributed by atoms with Crippen molar-refractivity contribution < 1.29 is 9.47 Å². The number of hydrogen-bond acceptors (Lipinski definition) is 4. The van der Waals surface area contributed by atoms with Crippen molar-refractivity contribution in [1.29, 1.82) is 0 Å². The molecule has 0 aliphatic carbocycles. The fraction of sp³-hybridized carbons (Fsp3) is 0.600. The van der Waals surface area contributed by atoms with Gasteiger partial charge in [-0.1, -0.05) is 0 Å². The lowest BCUT2D eigenvalue weighted by Gasteiger charge is -2.31. The van der Waals surface area contributed by atoms with E-state index >= 15 is 0 Å². The minimum atomic E-state index is -0.247. The van der Waals surface area contributed by atoms with Crippen LogP contribution < -0.4 is 0 Å². The van der Waals surface area contributed by atoms with E-state index in [9.17, 15) is 0 Å². The van der Waals surface area contributed by atoms with E-state index in [1.807, 2.05) is 12.3 Å². The smallest absolute Gasteiger partial charge is 0.225 e. The van der Waals surface area contributed by atoms with E-state index in [1.165, 1.54) is 6.42 Å². The first-order valence-electron chi connectivity index (χ1n) is 7.41. The van der Waals surface area contributed by atoms with E-state index in [-0.39, 0.29) is 17.1 Å². The molecule has 1 unspecified atom stereocenters. The maximum Gasteiger partial charge on any atom is 0.225 e. The summed E-state index contributed by atoms with van der Waals surface area (Å²) in [4.78, 5) is 8.58. The molecule has 120 valence electrons. The number of rotatable bonds is 4. The molecule has 1 fully saturated rings. The Hall–Kier alpha value is -0.440. The van der Waals surface area contributed by atoms with Crippen molar-refractivity contribution in [2.75, 3.05) is 13.2 Å². The molecule has 0 radical (unpaired) electrons. The first kappa shape index (κ1) is 16.4. The minimum Gasteiger partial charge on any atom is -0.353 e. The van der Waals surface area contributed by atoms with Gasteiger partial charge in [0.25, 0.3) is 0 Å². The van der Waals surface area contributed by atoms with Crippen LogP contribution in [-0.2, 0) is 15.0 Å². The van der Waals surface area contributed by atoms with E-state index in [0.717, 1.165) is 34.2 Å². The molecular weight excluding hydrogens is 417 g/mol. The van der Waals surface area contributed by atoms with Gasteiger partial charge in [-0.2, -0.15) is 4.98 Å². The van der Waals surface area contributed by atoms with Gasteiger partial charge >= 0.3 is 0 Å². The highest BCUT2D eigenvalue weighted by atomic mass is 127. The lowest BCUT2D eigenvalue weighted by Crippen LogP contribution is -2.35. The number of nitrogens with zero attached hydrogens (tertiary/aromatic N) is 3. The SMILES string of the molecule is CC(C)(COC1CCCCO1)n1ccc2c(I)nc(Cl)nc21. The Morgan fingerprint density at radius 2 is 2.27 bits per heavy atom. The van der Waals surface area contributed by atoms with Gasteiger partial charge in [0.15, 0.2) is 6.29 Å². The van der Waals surface area contributed by atoms with Gasteiger partial charge < -0.3 is 14.0 Å². The number of halogens is 2. The zero-order chi connectivity index (χ0) is 15.7.